The molecule has 1 fully saturated rings. The number of amides is 1. The Hall–Kier alpha value is -2.90. The van der Waals surface area contributed by atoms with Crippen molar-refractivity contribution < 1.29 is 9.21 Å². The van der Waals surface area contributed by atoms with Crippen LogP contribution in [-0.4, -0.2) is 32.0 Å². The van der Waals surface area contributed by atoms with Crippen LogP contribution < -0.4 is 11.1 Å². The van der Waals surface area contributed by atoms with E-state index < -0.39 is 0 Å². The first-order chi connectivity index (χ1) is 12.2. The van der Waals surface area contributed by atoms with Gasteiger partial charge in [-0.1, -0.05) is 19.3 Å². The van der Waals surface area contributed by atoms with Crippen molar-refractivity contribution in [1.29, 1.82) is 0 Å². The van der Waals surface area contributed by atoms with E-state index in [9.17, 15) is 4.79 Å². The molecule has 0 aromatic carbocycles. The Morgan fingerprint density at radius 2 is 2.16 bits per heavy atom. The third-order valence-corrected chi connectivity index (χ3v) is 4.60. The first kappa shape index (κ1) is 15.6. The molecule has 0 saturated heterocycles. The Morgan fingerprint density at radius 1 is 1.32 bits per heavy atom. The Bertz CT molecular complexity index is 880. The number of furan rings is 1. The maximum Gasteiger partial charge on any atom is 0.270 e. The van der Waals surface area contributed by atoms with Crippen LogP contribution >= 0.6 is 0 Å². The van der Waals surface area contributed by atoms with Crippen molar-refractivity contribution in [2.45, 2.75) is 32.1 Å². The zero-order chi connectivity index (χ0) is 17.2. The van der Waals surface area contributed by atoms with Crippen LogP contribution in [0, 0.1) is 5.92 Å². The summed E-state index contributed by atoms with van der Waals surface area (Å²) in [5.41, 5.74) is 6.65. The highest BCUT2D eigenvalue weighted by Gasteiger charge is 2.18. The lowest BCUT2D eigenvalue weighted by Crippen LogP contribution is -2.31. The second kappa shape index (κ2) is 6.54. The molecule has 3 heterocycles. The Balaban J connectivity index is 1.54. The van der Waals surface area contributed by atoms with Crippen molar-refractivity contribution in [3.63, 3.8) is 0 Å². The zero-order valence-corrected chi connectivity index (χ0v) is 13.8. The normalized spacial score (nSPS) is 15.5. The highest BCUT2D eigenvalue weighted by molar-refractivity contribution is 5.93. The maximum atomic E-state index is 12.4. The first-order valence-electron chi connectivity index (χ1n) is 8.56. The molecule has 0 atom stereocenters. The molecule has 4 rings (SSSR count). The smallest absolute Gasteiger partial charge is 0.270 e. The van der Waals surface area contributed by atoms with Crippen LogP contribution in [0.15, 0.2) is 28.9 Å². The summed E-state index contributed by atoms with van der Waals surface area (Å²) >= 11 is 0. The van der Waals surface area contributed by atoms with E-state index in [0.717, 1.165) is 0 Å². The molecule has 0 aliphatic heterocycles. The number of carbonyl (C=O) groups excluding carboxylic acids is 1. The minimum absolute atomic E-state index is 0.116. The number of aromatic nitrogens is 4. The van der Waals surface area contributed by atoms with Gasteiger partial charge in [0.25, 0.3) is 5.91 Å². The third kappa shape index (κ3) is 3.19. The minimum atomic E-state index is -0.234. The van der Waals surface area contributed by atoms with Gasteiger partial charge in [0.2, 0.25) is 11.8 Å². The van der Waals surface area contributed by atoms with E-state index in [1.165, 1.54) is 36.6 Å². The van der Waals surface area contributed by atoms with Gasteiger partial charge in [0.05, 0.1) is 6.26 Å². The third-order valence-electron chi connectivity index (χ3n) is 4.60. The zero-order valence-electron chi connectivity index (χ0n) is 13.8. The van der Waals surface area contributed by atoms with E-state index in [2.05, 4.69) is 20.4 Å². The van der Waals surface area contributed by atoms with Gasteiger partial charge in [-0.05, 0) is 30.9 Å². The van der Waals surface area contributed by atoms with Crippen LogP contribution in [0.4, 0.5) is 5.95 Å². The standard InChI is InChI=1S/C17H20N6O2/c18-17-20-12(16(24)19-10-11-5-2-1-3-6-11)9-14-21-15(22-23(14)17)13-7-4-8-25-13/h4,7-9,11H,1-3,5-6,10H2,(H2,18,20)(H,19,24). The number of fused-ring (bicyclic) bond motifs is 1. The van der Waals surface area contributed by atoms with Gasteiger partial charge in [0.15, 0.2) is 11.4 Å². The Kier molecular flexibility index (Phi) is 4.09. The van der Waals surface area contributed by atoms with Crippen LogP contribution in [0.5, 0.6) is 0 Å². The fourth-order valence-corrected chi connectivity index (χ4v) is 3.26. The molecule has 1 amide bonds. The molecule has 1 saturated carbocycles. The fourth-order valence-electron chi connectivity index (χ4n) is 3.26. The van der Waals surface area contributed by atoms with Crippen molar-refractivity contribution in [3.8, 4) is 11.6 Å². The second-order valence-corrected chi connectivity index (χ2v) is 6.40. The molecule has 3 aromatic rings. The molecule has 1 aliphatic rings. The highest BCUT2D eigenvalue weighted by atomic mass is 16.3. The molecule has 0 bridgehead atoms. The summed E-state index contributed by atoms with van der Waals surface area (Å²) in [6.07, 6.45) is 7.67. The summed E-state index contributed by atoms with van der Waals surface area (Å²) in [4.78, 5) is 20.9. The van der Waals surface area contributed by atoms with Gasteiger partial charge in [-0.15, -0.1) is 5.10 Å². The van der Waals surface area contributed by atoms with E-state index in [4.69, 9.17) is 10.2 Å². The topological polar surface area (TPSA) is 111 Å². The number of anilines is 1. The van der Waals surface area contributed by atoms with Crippen LogP contribution in [0.1, 0.15) is 42.6 Å². The molecule has 3 N–H and O–H groups in total. The van der Waals surface area contributed by atoms with Gasteiger partial charge in [-0.2, -0.15) is 4.52 Å². The number of hydrogen-bond donors (Lipinski definition) is 2. The van der Waals surface area contributed by atoms with E-state index in [-0.39, 0.29) is 17.5 Å². The number of nitrogen functional groups attached to an aromatic ring is 1. The number of carbonyl (C=O) groups is 1. The average Bonchev–Trinajstić information content (AvgIpc) is 3.29. The van der Waals surface area contributed by atoms with Crippen molar-refractivity contribution in [1.82, 2.24) is 24.9 Å². The van der Waals surface area contributed by atoms with Crippen molar-refractivity contribution >= 4 is 17.5 Å². The van der Waals surface area contributed by atoms with Crippen LogP contribution in [0.2, 0.25) is 0 Å². The van der Waals surface area contributed by atoms with Gasteiger partial charge < -0.3 is 15.5 Å². The molecular formula is C17H20N6O2. The van der Waals surface area contributed by atoms with Gasteiger partial charge in [0, 0.05) is 12.6 Å². The number of nitrogens with one attached hydrogen (secondary N) is 1. The van der Waals surface area contributed by atoms with E-state index in [1.807, 2.05) is 0 Å². The molecule has 25 heavy (non-hydrogen) atoms. The molecule has 8 heteroatoms. The molecule has 130 valence electrons. The summed E-state index contributed by atoms with van der Waals surface area (Å²) in [5.74, 6) is 1.37. The molecule has 0 spiro atoms. The SMILES string of the molecule is Nc1nc(C(=O)NCC2CCCCC2)cc2nc(-c3ccco3)nn12. The average molecular weight is 340 g/mol. The van der Waals surface area contributed by atoms with Gasteiger partial charge in [-0.3, -0.25) is 4.79 Å². The highest BCUT2D eigenvalue weighted by Crippen LogP contribution is 2.23. The lowest BCUT2D eigenvalue weighted by molar-refractivity contribution is 0.0938. The van der Waals surface area contributed by atoms with Crippen molar-refractivity contribution in [2.24, 2.45) is 5.92 Å². The largest absolute Gasteiger partial charge is 0.461 e. The maximum absolute atomic E-state index is 12.4. The molecule has 0 radical (unpaired) electrons. The predicted molar refractivity (Wildman–Crippen MR) is 91.8 cm³/mol. The lowest BCUT2D eigenvalue weighted by Gasteiger charge is -2.21. The quantitative estimate of drug-likeness (QED) is 0.753. The lowest BCUT2D eigenvalue weighted by atomic mass is 9.89. The van der Waals surface area contributed by atoms with Gasteiger partial charge in [-0.25, -0.2) is 9.97 Å². The van der Waals surface area contributed by atoms with Crippen molar-refractivity contribution in [2.75, 3.05) is 12.3 Å². The second-order valence-electron chi connectivity index (χ2n) is 6.40. The molecular weight excluding hydrogens is 320 g/mol. The summed E-state index contributed by atoms with van der Waals surface area (Å²) in [7, 11) is 0. The summed E-state index contributed by atoms with van der Waals surface area (Å²) in [6, 6.07) is 5.11. The first-order valence-corrected chi connectivity index (χ1v) is 8.56. The number of hydrogen-bond acceptors (Lipinski definition) is 6. The van der Waals surface area contributed by atoms with E-state index >= 15 is 0 Å². The summed E-state index contributed by atoms with van der Waals surface area (Å²) in [6.45, 7) is 0.677. The van der Waals surface area contributed by atoms with Crippen LogP contribution in [-0.2, 0) is 0 Å². The number of nitrogens with zero attached hydrogens (tertiary/aromatic N) is 4. The van der Waals surface area contributed by atoms with E-state index in [1.54, 1.807) is 24.5 Å². The van der Waals surface area contributed by atoms with Crippen LogP contribution in [0.3, 0.4) is 0 Å². The molecule has 0 unspecified atom stereocenters. The number of rotatable bonds is 4. The van der Waals surface area contributed by atoms with Crippen LogP contribution in [0.25, 0.3) is 17.2 Å². The van der Waals surface area contributed by atoms with Gasteiger partial charge >= 0.3 is 0 Å². The van der Waals surface area contributed by atoms with E-state index in [0.29, 0.717) is 29.7 Å². The van der Waals surface area contributed by atoms with Gasteiger partial charge in [0.1, 0.15) is 5.69 Å². The monoisotopic (exact) mass is 340 g/mol. The van der Waals surface area contributed by atoms with Crippen molar-refractivity contribution in [3.05, 3.63) is 30.2 Å². The summed E-state index contributed by atoms with van der Waals surface area (Å²) < 4.78 is 6.69. The Labute approximate surface area is 144 Å². The molecule has 3 aromatic heterocycles. The predicted octanol–water partition coefficient (Wildman–Crippen LogP) is 2.28. The number of nitrogens with two attached hydrogens (primary N) is 1. The molecule has 8 nitrogen and oxygen atoms in total. The Morgan fingerprint density at radius 3 is 2.92 bits per heavy atom. The molecule has 1 aliphatic carbocycles. The summed E-state index contributed by atoms with van der Waals surface area (Å²) in [5, 5.41) is 7.23. The fraction of sp³-hybridized carbons (Fsp3) is 0.412. The minimum Gasteiger partial charge on any atom is -0.461 e.